The first kappa shape index (κ1) is 13.6. The number of nitrogens with two attached hydrogens (primary N) is 1. The molecule has 19 heavy (non-hydrogen) atoms. The summed E-state index contributed by atoms with van der Waals surface area (Å²) in [5.74, 6) is 4.50. The van der Waals surface area contributed by atoms with Crippen LogP contribution in [0.4, 0.5) is 4.39 Å². The van der Waals surface area contributed by atoms with Crippen LogP contribution in [0, 0.1) is 5.82 Å². The van der Waals surface area contributed by atoms with E-state index in [0.717, 1.165) is 0 Å². The van der Waals surface area contributed by atoms with E-state index in [2.05, 4.69) is 15.9 Å². The lowest BCUT2D eigenvalue weighted by Crippen LogP contribution is -2.29. The fourth-order valence-corrected chi connectivity index (χ4v) is 1.72. The lowest BCUT2D eigenvalue weighted by Gasteiger charge is -2.05. The van der Waals surface area contributed by atoms with Gasteiger partial charge in [0.25, 0.3) is 0 Å². The van der Waals surface area contributed by atoms with Gasteiger partial charge in [-0.25, -0.2) is 10.2 Å². The molecule has 0 aliphatic carbocycles. The van der Waals surface area contributed by atoms with Crippen LogP contribution in [0.3, 0.4) is 0 Å². The monoisotopic (exact) mass is 328 g/mol. The van der Waals surface area contributed by atoms with Gasteiger partial charge in [0, 0.05) is 4.47 Å². The first-order chi connectivity index (χ1) is 9.10. The van der Waals surface area contributed by atoms with E-state index in [-0.39, 0.29) is 18.1 Å². The Balaban J connectivity index is 2.02. The minimum atomic E-state index is -0.541. The highest BCUT2D eigenvalue weighted by atomic mass is 79.9. The molecule has 1 amide bonds. The van der Waals surface area contributed by atoms with Crippen LogP contribution in [0.25, 0.3) is 0 Å². The molecular formula is C12H10BrFN2O3. The molecule has 0 saturated heterocycles. The summed E-state index contributed by atoms with van der Waals surface area (Å²) in [7, 11) is 0. The van der Waals surface area contributed by atoms with Crippen molar-refractivity contribution in [3.63, 3.8) is 0 Å². The summed E-state index contributed by atoms with van der Waals surface area (Å²) in [6.07, 6.45) is 0. The molecule has 0 fully saturated rings. The third-order valence-corrected chi connectivity index (χ3v) is 2.77. The highest BCUT2D eigenvalue weighted by Crippen LogP contribution is 2.22. The molecule has 5 nitrogen and oxygen atoms in total. The normalized spacial score (nSPS) is 10.3. The molecule has 0 spiro atoms. The van der Waals surface area contributed by atoms with Crippen LogP contribution in [0.1, 0.15) is 16.3 Å². The molecule has 0 radical (unpaired) electrons. The van der Waals surface area contributed by atoms with Crippen molar-refractivity contribution in [3.05, 3.63) is 52.1 Å². The number of hydrogen-bond acceptors (Lipinski definition) is 4. The SMILES string of the molecule is NNC(=O)c1ccc(COc2ccc(Br)cc2F)o1. The van der Waals surface area contributed by atoms with Crippen molar-refractivity contribution in [1.82, 2.24) is 5.43 Å². The van der Waals surface area contributed by atoms with Gasteiger partial charge in [0.1, 0.15) is 12.4 Å². The standard InChI is InChI=1S/C12H10BrFN2O3/c13-7-1-3-10(9(14)5-7)18-6-8-2-4-11(19-8)12(17)16-15/h1-5H,6,15H2,(H,16,17). The maximum absolute atomic E-state index is 13.5. The Morgan fingerprint density at radius 2 is 2.21 bits per heavy atom. The number of ether oxygens (including phenoxy) is 1. The number of nitrogens with one attached hydrogen (secondary N) is 1. The summed E-state index contributed by atoms with van der Waals surface area (Å²) < 4.78 is 24.5. The zero-order valence-electron chi connectivity index (χ0n) is 9.65. The highest BCUT2D eigenvalue weighted by molar-refractivity contribution is 9.10. The number of carbonyl (C=O) groups excluding carboxylic acids is 1. The van der Waals surface area contributed by atoms with Crippen LogP contribution >= 0.6 is 15.9 Å². The lowest BCUT2D eigenvalue weighted by atomic mass is 10.3. The van der Waals surface area contributed by atoms with Gasteiger partial charge < -0.3 is 9.15 Å². The average Bonchev–Trinajstić information content (AvgIpc) is 2.85. The third kappa shape index (κ3) is 3.33. The molecule has 0 bridgehead atoms. The molecule has 1 aromatic heterocycles. The van der Waals surface area contributed by atoms with Gasteiger partial charge in [-0.05, 0) is 30.3 Å². The highest BCUT2D eigenvalue weighted by Gasteiger charge is 2.10. The largest absolute Gasteiger partial charge is 0.483 e. The predicted octanol–water partition coefficient (Wildman–Crippen LogP) is 2.36. The zero-order valence-corrected chi connectivity index (χ0v) is 11.2. The van der Waals surface area contributed by atoms with Gasteiger partial charge in [0.05, 0.1) is 0 Å². The van der Waals surface area contributed by atoms with Crippen molar-refractivity contribution in [2.75, 3.05) is 0 Å². The van der Waals surface area contributed by atoms with Crippen LogP contribution in [-0.4, -0.2) is 5.91 Å². The second-order valence-corrected chi connectivity index (χ2v) is 4.52. The Bertz CT molecular complexity index is 600. The molecule has 2 rings (SSSR count). The fraction of sp³-hybridized carbons (Fsp3) is 0.0833. The van der Waals surface area contributed by atoms with Crippen molar-refractivity contribution < 1.29 is 18.3 Å². The lowest BCUT2D eigenvalue weighted by molar-refractivity contribution is 0.0921. The van der Waals surface area contributed by atoms with Gasteiger partial charge in [-0.3, -0.25) is 10.2 Å². The van der Waals surface area contributed by atoms with Crippen LogP contribution in [-0.2, 0) is 6.61 Å². The second kappa shape index (κ2) is 5.85. The first-order valence-corrected chi connectivity index (χ1v) is 6.07. The molecule has 0 aliphatic heterocycles. The fourth-order valence-electron chi connectivity index (χ4n) is 1.39. The number of nitrogen functional groups attached to an aromatic ring is 1. The van der Waals surface area contributed by atoms with Crippen molar-refractivity contribution >= 4 is 21.8 Å². The number of halogens is 2. The zero-order chi connectivity index (χ0) is 13.8. The average molecular weight is 329 g/mol. The molecule has 0 aliphatic rings. The topological polar surface area (TPSA) is 77.5 Å². The van der Waals surface area contributed by atoms with Gasteiger partial charge in [-0.2, -0.15) is 0 Å². The van der Waals surface area contributed by atoms with E-state index < -0.39 is 11.7 Å². The van der Waals surface area contributed by atoms with Crippen molar-refractivity contribution in [2.45, 2.75) is 6.61 Å². The van der Waals surface area contributed by atoms with Gasteiger partial charge in [-0.1, -0.05) is 15.9 Å². The number of hydrazine groups is 1. The predicted molar refractivity (Wildman–Crippen MR) is 68.8 cm³/mol. The van der Waals surface area contributed by atoms with E-state index in [9.17, 15) is 9.18 Å². The van der Waals surface area contributed by atoms with Gasteiger partial charge in [-0.15, -0.1) is 0 Å². The molecule has 0 saturated carbocycles. The maximum atomic E-state index is 13.5. The summed E-state index contributed by atoms with van der Waals surface area (Å²) in [6, 6.07) is 7.47. The molecule has 1 heterocycles. The molecule has 100 valence electrons. The van der Waals surface area contributed by atoms with E-state index in [4.69, 9.17) is 15.0 Å². The summed E-state index contributed by atoms with van der Waals surface area (Å²) in [5, 5.41) is 0. The molecule has 2 aromatic rings. The Hall–Kier alpha value is -1.86. The summed E-state index contributed by atoms with van der Waals surface area (Å²) in [4.78, 5) is 11.2. The molecule has 0 atom stereocenters. The molecule has 0 unspecified atom stereocenters. The maximum Gasteiger partial charge on any atom is 0.300 e. The number of benzene rings is 1. The minimum Gasteiger partial charge on any atom is -0.483 e. The molecule has 7 heteroatoms. The number of rotatable bonds is 4. The first-order valence-electron chi connectivity index (χ1n) is 5.27. The van der Waals surface area contributed by atoms with Crippen molar-refractivity contribution in [1.29, 1.82) is 0 Å². The van der Waals surface area contributed by atoms with Crippen LogP contribution in [0.15, 0.2) is 39.2 Å². The minimum absolute atomic E-state index is 0.0103. The van der Waals surface area contributed by atoms with E-state index in [0.29, 0.717) is 10.2 Å². The summed E-state index contributed by atoms with van der Waals surface area (Å²) >= 11 is 3.15. The van der Waals surface area contributed by atoms with Crippen LogP contribution < -0.4 is 16.0 Å². The number of furan rings is 1. The third-order valence-electron chi connectivity index (χ3n) is 2.28. The number of amides is 1. The Morgan fingerprint density at radius 1 is 1.42 bits per heavy atom. The summed E-state index contributed by atoms with van der Waals surface area (Å²) in [5.41, 5.74) is 1.95. The van der Waals surface area contributed by atoms with Crippen molar-refractivity contribution in [3.8, 4) is 5.75 Å². The molecular weight excluding hydrogens is 319 g/mol. The Morgan fingerprint density at radius 3 is 2.89 bits per heavy atom. The Labute approximate surface area is 116 Å². The van der Waals surface area contributed by atoms with Gasteiger partial charge in [0.15, 0.2) is 17.3 Å². The van der Waals surface area contributed by atoms with Gasteiger partial charge in [0.2, 0.25) is 0 Å². The number of hydrogen-bond donors (Lipinski definition) is 2. The Kier molecular flexibility index (Phi) is 4.18. The second-order valence-electron chi connectivity index (χ2n) is 3.60. The quantitative estimate of drug-likeness (QED) is 0.513. The molecule has 3 N–H and O–H groups in total. The van der Waals surface area contributed by atoms with Crippen molar-refractivity contribution in [2.24, 2.45) is 5.84 Å². The van der Waals surface area contributed by atoms with E-state index in [1.54, 1.807) is 12.1 Å². The van der Waals surface area contributed by atoms with E-state index in [1.807, 2.05) is 5.43 Å². The van der Waals surface area contributed by atoms with Crippen LogP contribution in [0.2, 0.25) is 0 Å². The smallest absolute Gasteiger partial charge is 0.300 e. The summed E-state index contributed by atoms with van der Waals surface area (Å²) in [6.45, 7) is 0.0103. The van der Waals surface area contributed by atoms with E-state index in [1.165, 1.54) is 18.2 Å². The van der Waals surface area contributed by atoms with Crippen LogP contribution in [0.5, 0.6) is 5.75 Å². The number of carbonyl (C=O) groups is 1. The van der Waals surface area contributed by atoms with Gasteiger partial charge >= 0.3 is 5.91 Å². The van der Waals surface area contributed by atoms with E-state index >= 15 is 0 Å². The molecule has 1 aromatic carbocycles.